The van der Waals surface area contributed by atoms with E-state index in [0.717, 1.165) is 0 Å². The minimum atomic E-state index is -2.08. The molecular weight excluding hydrogens is 84.1 g/mol. The highest BCUT2D eigenvalue weighted by atomic mass is 14.3. The molecule has 1 saturated carbocycles. The molecule has 0 aromatic carbocycles. The molecule has 0 heterocycles. The molecule has 0 saturated heterocycles. The van der Waals surface area contributed by atoms with Gasteiger partial charge in [-0.3, -0.25) is 0 Å². The fraction of sp³-hybridized carbons (Fsp3) is 0.714. The molecule has 0 N–H and O–H groups in total. The first kappa shape index (κ1) is 1.18. The van der Waals surface area contributed by atoms with E-state index >= 15 is 0 Å². The molecule has 2 aliphatic carbocycles. The second kappa shape index (κ2) is 1.12. The molecule has 0 aromatic heterocycles. The van der Waals surface area contributed by atoms with Crippen LogP contribution in [0.1, 0.15) is 27.4 Å². The molecule has 2 bridgehead atoms. The van der Waals surface area contributed by atoms with Crippen molar-refractivity contribution in [2.45, 2.75) is 19.2 Å². The lowest BCUT2D eigenvalue weighted by molar-refractivity contribution is 0.691. The largest absolute Gasteiger partial charge is 0.0851 e. The minimum Gasteiger partial charge on any atom is -0.0851 e. The lowest BCUT2D eigenvalue weighted by atomic mass is 10.1. The third-order valence-corrected chi connectivity index (χ3v) is 1.29. The van der Waals surface area contributed by atoms with Gasteiger partial charge in [-0.25, -0.2) is 0 Å². The maximum absolute atomic E-state index is 7.77. The van der Waals surface area contributed by atoms with Gasteiger partial charge in [-0.1, -0.05) is 12.1 Å². The number of rotatable bonds is 0. The summed E-state index contributed by atoms with van der Waals surface area (Å²) < 4.78 is 45.7. The summed E-state index contributed by atoms with van der Waals surface area (Å²) in [5, 5.41) is 0. The third kappa shape index (κ3) is 0.425. The van der Waals surface area contributed by atoms with E-state index in [1.807, 2.05) is 0 Å². The number of hydrogen-bond donors (Lipinski definition) is 0. The number of hydrogen-bond acceptors (Lipinski definition) is 0. The van der Waals surface area contributed by atoms with Crippen molar-refractivity contribution in [3.05, 3.63) is 12.1 Å². The third-order valence-electron chi connectivity index (χ3n) is 1.29. The van der Waals surface area contributed by atoms with E-state index in [9.17, 15) is 0 Å². The van der Waals surface area contributed by atoms with Gasteiger partial charge in [0.25, 0.3) is 0 Å². The van der Waals surface area contributed by atoms with Crippen molar-refractivity contribution >= 4 is 0 Å². The summed E-state index contributed by atoms with van der Waals surface area (Å²) in [4.78, 5) is 0. The summed E-state index contributed by atoms with van der Waals surface area (Å²) in [6.07, 6.45) is -1.70. The molecule has 2 rings (SSSR count). The molecule has 2 atom stereocenters. The standard InChI is InChI=1S/C7H10/c1-2-7-4-3-6(1)5-7/h1-2,6-7H,3-5H2/i1D,2D,5D2,6D,7D. The molecule has 1 fully saturated rings. The van der Waals surface area contributed by atoms with Crippen molar-refractivity contribution in [2.24, 2.45) is 11.8 Å². The van der Waals surface area contributed by atoms with E-state index in [1.54, 1.807) is 0 Å². The second-order valence-corrected chi connectivity index (χ2v) is 1.83. The predicted molar refractivity (Wildman–Crippen MR) is 30.0 cm³/mol. The molecule has 2 aliphatic rings. The maximum Gasteiger partial charge on any atom is 0.0576 e. The number of allylic oxidation sites excluding steroid dienone is 2. The van der Waals surface area contributed by atoms with Crippen LogP contribution in [0.5, 0.6) is 0 Å². The first-order valence-electron chi connectivity index (χ1n) is 5.46. The zero-order valence-electron chi connectivity index (χ0n) is 9.91. The molecule has 0 radical (unpaired) electrons. The Hall–Kier alpha value is -0.260. The Balaban J connectivity index is 2.67. The van der Waals surface area contributed by atoms with Crippen molar-refractivity contribution in [3.63, 3.8) is 0 Å². The predicted octanol–water partition coefficient (Wildman–Crippen LogP) is 1.97. The van der Waals surface area contributed by atoms with Gasteiger partial charge in [0.05, 0.1) is 2.74 Å². The van der Waals surface area contributed by atoms with E-state index < -0.39 is 18.2 Å². The van der Waals surface area contributed by atoms with Gasteiger partial charge >= 0.3 is 0 Å². The summed E-state index contributed by atoms with van der Waals surface area (Å²) in [6, 6.07) is -0.613. The van der Waals surface area contributed by atoms with Gasteiger partial charge in [0.2, 0.25) is 0 Å². The Kier molecular flexibility index (Phi) is 0.188. The van der Waals surface area contributed by atoms with E-state index in [4.69, 9.17) is 8.22 Å². The average Bonchev–Trinajstić information content (AvgIpc) is 2.28. The maximum atomic E-state index is 7.77. The van der Waals surface area contributed by atoms with Crippen LogP contribution < -0.4 is 0 Å². The molecule has 7 heavy (non-hydrogen) atoms. The molecule has 0 nitrogen and oxygen atoms in total. The zero-order chi connectivity index (χ0) is 10.1. The molecule has 0 spiro atoms. The van der Waals surface area contributed by atoms with Gasteiger partial charge in [-0.2, -0.15) is 0 Å². The van der Waals surface area contributed by atoms with E-state index in [-0.39, 0.29) is 24.9 Å². The average molecular weight is 100 g/mol. The summed E-state index contributed by atoms with van der Waals surface area (Å²) in [5.41, 5.74) is 0. The molecule has 2 unspecified atom stereocenters. The summed E-state index contributed by atoms with van der Waals surface area (Å²) in [7, 11) is 0. The SMILES string of the molecule is [2H]C1=C([2H])C2([2H])CCC1([2H])C2([2H])[2H]. The van der Waals surface area contributed by atoms with Gasteiger partial charge in [0.15, 0.2) is 0 Å². The Morgan fingerprint density at radius 2 is 2.14 bits per heavy atom. The minimum absolute atomic E-state index is 0.185. The van der Waals surface area contributed by atoms with E-state index in [1.165, 1.54) is 0 Å². The zero-order valence-corrected chi connectivity index (χ0v) is 3.91. The van der Waals surface area contributed by atoms with Gasteiger partial charge in [0.1, 0.15) is 0 Å². The molecule has 0 aliphatic heterocycles. The smallest absolute Gasteiger partial charge is 0.0576 e. The monoisotopic (exact) mass is 100 g/mol. The Bertz CT molecular complexity index is 280. The van der Waals surface area contributed by atoms with E-state index in [0.29, 0.717) is 0 Å². The Morgan fingerprint density at radius 1 is 1.57 bits per heavy atom. The van der Waals surface area contributed by atoms with Crippen LogP contribution in [0, 0.1) is 11.8 Å². The topological polar surface area (TPSA) is 0 Å². The van der Waals surface area contributed by atoms with Crippen LogP contribution in [0.3, 0.4) is 0 Å². The highest BCUT2D eigenvalue weighted by Gasteiger charge is 2.25. The van der Waals surface area contributed by atoms with Gasteiger partial charge in [-0.15, -0.1) is 0 Å². The van der Waals surface area contributed by atoms with Crippen LogP contribution in [0.4, 0.5) is 0 Å². The van der Waals surface area contributed by atoms with Crippen molar-refractivity contribution in [1.29, 1.82) is 0 Å². The first-order valence-corrected chi connectivity index (χ1v) is 2.46. The van der Waals surface area contributed by atoms with Crippen molar-refractivity contribution < 1.29 is 8.22 Å². The fourth-order valence-electron chi connectivity index (χ4n) is 0.896. The van der Waals surface area contributed by atoms with Gasteiger partial charge in [0, 0.05) is 5.48 Å². The van der Waals surface area contributed by atoms with Crippen LogP contribution in [0.25, 0.3) is 0 Å². The van der Waals surface area contributed by atoms with Crippen molar-refractivity contribution in [2.75, 3.05) is 0 Å². The summed E-state index contributed by atoms with van der Waals surface area (Å²) in [5.74, 6) is -3.29. The molecular formula is C7H10. The summed E-state index contributed by atoms with van der Waals surface area (Å²) >= 11 is 0. The fourth-order valence-corrected chi connectivity index (χ4v) is 0.896. The van der Waals surface area contributed by atoms with Crippen LogP contribution in [0.2, 0.25) is 0 Å². The Labute approximate surface area is 52.7 Å². The van der Waals surface area contributed by atoms with Crippen molar-refractivity contribution in [3.8, 4) is 0 Å². The molecule has 38 valence electrons. The van der Waals surface area contributed by atoms with Gasteiger partial charge in [-0.05, 0) is 31.0 Å². The lowest BCUT2D eigenvalue weighted by Gasteiger charge is -1.96. The number of fused-ring (bicyclic) bond motifs is 2. The van der Waals surface area contributed by atoms with Gasteiger partial charge < -0.3 is 0 Å². The highest BCUT2D eigenvalue weighted by Crippen LogP contribution is 2.38. The lowest BCUT2D eigenvalue weighted by Crippen LogP contribution is -1.82. The van der Waals surface area contributed by atoms with Crippen LogP contribution in [-0.2, 0) is 0 Å². The summed E-state index contributed by atoms with van der Waals surface area (Å²) in [6.45, 7) is 0. The Morgan fingerprint density at radius 3 is 2.43 bits per heavy atom. The van der Waals surface area contributed by atoms with Crippen molar-refractivity contribution in [1.82, 2.24) is 0 Å². The highest BCUT2D eigenvalue weighted by molar-refractivity contribution is 5.06. The normalized spacial score (nSPS) is 89.1. The molecule has 0 aromatic rings. The quantitative estimate of drug-likeness (QED) is 0.408. The first-order chi connectivity index (χ1) is 5.77. The van der Waals surface area contributed by atoms with Crippen LogP contribution >= 0.6 is 0 Å². The molecule has 0 amide bonds. The second-order valence-electron chi connectivity index (χ2n) is 1.83. The van der Waals surface area contributed by atoms with Crippen LogP contribution in [-0.4, -0.2) is 0 Å². The molecule has 0 heteroatoms. The van der Waals surface area contributed by atoms with E-state index in [2.05, 4.69) is 0 Å². The van der Waals surface area contributed by atoms with Crippen LogP contribution in [0.15, 0.2) is 12.1 Å².